The van der Waals surface area contributed by atoms with Gasteiger partial charge < -0.3 is 19.5 Å². The zero-order chi connectivity index (χ0) is 39.1. The van der Waals surface area contributed by atoms with Gasteiger partial charge in [-0.3, -0.25) is 19.3 Å². The number of esters is 1. The third-order valence-corrected chi connectivity index (χ3v) is 18.4. The lowest BCUT2D eigenvalue weighted by Gasteiger charge is -2.73. The first kappa shape index (κ1) is 40.3. The molecule has 0 aromatic heterocycles. The SMILES string of the molecule is C=C(C)[C@@H]1CC[C@]2(CC(=O)N3CCC[C@@H]3CN3CCOCC3)CC[C@]3(C)[C@H](CC[C@@H]4[C@@]5(C)CC[C@H](OC(=O)CC(C)(C)C(=O)O)C(C)(C)[C@@H]5CC[C@]43C)[C@@H]12. The van der Waals surface area contributed by atoms with Crippen LogP contribution in [0.3, 0.4) is 0 Å². The van der Waals surface area contributed by atoms with Gasteiger partial charge in [0.25, 0.3) is 0 Å². The second-order valence-electron chi connectivity index (χ2n) is 21.7. The highest BCUT2D eigenvalue weighted by atomic mass is 16.5. The molecule has 0 unspecified atom stereocenters. The van der Waals surface area contributed by atoms with Crippen LogP contribution >= 0.6 is 0 Å². The zero-order valence-electron chi connectivity index (χ0n) is 35.3. The molecule has 0 aromatic rings. The van der Waals surface area contributed by atoms with Crippen LogP contribution in [0.5, 0.6) is 0 Å². The number of nitrogens with zero attached hydrogens (tertiary/aromatic N) is 2. The molecule has 2 saturated heterocycles. The number of carbonyl (C=O) groups is 3. The van der Waals surface area contributed by atoms with E-state index in [-0.39, 0.29) is 45.6 Å². The van der Waals surface area contributed by atoms with Crippen molar-refractivity contribution in [2.75, 3.05) is 39.4 Å². The topological polar surface area (TPSA) is 96.4 Å². The standard InChI is InChI=1S/C46H74N2O6/c1-30(2)32-14-19-46(27-37(49)48-22-10-11-31(48)29-47-23-25-53-26-24-47)21-20-44(8)33(39(32)46)12-13-35-43(7)17-16-36(54-38(50)28-41(3,4)40(51)52)42(5,6)34(43)15-18-45(35,44)9/h31-36,39H,1,10-29H2,2-9H3,(H,51,52)/t31-,32+,33-,34+,35-,36+,39-,43+,44-,45-,46-/m1/s1. The number of amides is 1. The van der Waals surface area contributed by atoms with E-state index in [1.165, 1.54) is 37.7 Å². The predicted octanol–water partition coefficient (Wildman–Crippen LogP) is 8.77. The number of carboxylic acids is 1. The summed E-state index contributed by atoms with van der Waals surface area (Å²) >= 11 is 0. The fourth-order valence-electron chi connectivity index (χ4n) is 15.3. The van der Waals surface area contributed by atoms with Gasteiger partial charge in [0.15, 0.2) is 0 Å². The van der Waals surface area contributed by atoms with Gasteiger partial charge in [0.05, 0.1) is 25.0 Å². The molecule has 1 N–H and O–H groups in total. The minimum absolute atomic E-state index is 0.0699. The molecule has 0 bridgehead atoms. The van der Waals surface area contributed by atoms with Gasteiger partial charge in [-0.2, -0.15) is 0 Å². The Kier molecular flexibility index (Phi) is 10.6. The van der Waals surface area contributed by atoms with Crippen LogP contribution in [0.2, 0.25) is 0 Å². The molecule has 0 radical (unpaired) electrons. The summed E-state index contributed by atoms with van der Waals surface area (Å²) in [5.74, 6) is 1.69. The number of hydrogen-bond donors (Lipinski definition) is 1. The van der Waals surface area contributed by atoms with Crippen molar-refractivity contribution in [1.29, 1.82) is 0 Å². The molecule has 1 amide bonds. The zero-order valence-corrected chi connectivity index (χ0v) is 35.3. The lowest BCUT2D eigenvalue weighted by molar-refractivity contribution is -0.250. The maximum atomic E-state index is 14.6. The van der Waals surface area contributed by atoms with Crippen molar-refractivity contribution in [2.45, 2.75) is 157 Å². The number of hydrogen-bond acceptors (Lipinski definition) is 6. The minimum atomic E-state index is -1.14. The highest BCUT2D eigenvalue weighted by Gasteiger charge is 2.71. The molecule has 304 valence electrons. The van der Waals surface area contributed by atoms with E-state index in [2.05, 4.69) is 57.9 Å². The first-order valence-corrected chi connectivity index (χ1v) is 22.0. The quantitative estimate of drug-likeness (QED) is 0.186. The van der Waals surface area contributed by atoms with E-state index in [0.29, 0.717) is 48.0 Å². The van der Waals surface area contributed by atoms with Gasteiger partial charge in [-0.25, -0.2) is 0 Å². The first-order chi connectivity index (χ1) is 25.3. The second-order valence-corrected chi connectivity index (χ2v) is 21.7. The second kappa shape index (κ2) is 14.2. The Bertz CT molecular complexity index is 1480. The summed E-state index contributed by atoms with van der Waals surface area (Å²) in [6.45, 7) is 28.1. The summed E-state index contributed by atoms with van der Waals surface area (Å²) in [7, 11) is 0. The van der Waals surface area contributed by atoms with Crippen LogP contribution < -0.4 is 0 Å². The summed E-state index contributed by atoms with van der Waals surface area (Å²) in [6, 6.07) is 0.336. The number of allylic oxidation sites excluding steroid dienone is 1. The van der Waals surface area contributed by atoms with Crippen LogP contribution in [0, 0.1) is 62.1 Å². The Labute approximate surface area is 326 Å². The van der Waals surface area contributed by atoms with E-state index in [4.69, 9.17) is 9.47 Å². The summed E-state index contributed by atoms with van der Waals surface area (Å²) in [4.78, 5) is 44.3. The fourth-order valence-corrected chi connectivity index (χ4v) is 15.3. The van der Waals surface area contributed by atoms with Crippen molar-refractivity contribution in [3.05, 3.63) is 12.2 Å². The van der Waals surface area contributed by atoms with E-state index >= 15 is 0 Å². The van der Waals surface area contributed by atoms with Gasteiger partial charge in [-0.05, 0) is 149 Å². The highest BCUT2D eigenvalue weighted by molar-refractivity contribution is 5.81. The van der Waals surface area contributed by atoms with Crippen LogP contribution in [-0.2, 0) is 23.9 Å². The Morgan fingerprint density at radius 1 is 0.852 bits per heavy atom. The van der Waals surface area contributed by atoms with Gasteiger partial charge >= 0.3 is 11.9 Å². The van der Waals surface area contributed by atoms with Crippen molar-refractivity contribution in [3.63, 3.8) is 0 Å². The fraction of sp³-hybridized carbons (Fsp3) is 0.891. The summed E-state index contributed by atoms with van der Waals surface area (Å²) in [6.07, 6.45) is 14.0. The first-order valence-electron chi connectivity index (χ1n) is 22.0. The third kappa shape index (κ3) is 6.42. The van der Waals surface area contributed by atoms with Gasteiger partial charge in [-0.1, -0.05) is 46.8 Å². The smallest absolute Gasteiger partial charge is 0.309 e. The third-order valence-electron chi connectivity index (χ3n) is 18.4. The van der Waals surface area contributed by atoms with Crippen LogP contribution in [0.25, 0.3) is 0 Å². The Morgan fingerprint density at radius 2 is 1.57 bits per heavy atom. The molecule has 0 spiro atoms. The molecule has 5 saturated carbocycles. The number of morpholine rings is 1. The summed E-state index contributed by atoms with van der Waals surface area (Å²) in [5.41, 5.74) is 0.605. The van der Waals surface area contributed by atoms with Gasteiger partial charge in [0, 0.05) is 44.1 Å². The summed E-state index contributed by atoms with van der Waals surface area (Å²) < 4.78 is 11.8. The van der Waals surface area contributed by atoms with Crippen LogP contribution in [0.4, 0.5) is 0 Å². The molecule has 5 aliphatic carbocycles. The molecule has 54 heavy (non-hydrogen) atoms. The van der Waals surface area contributed by atoms with E-state index in [1.54, 1.807) is 13.8 Å². The van der Waals surface area contributed by atoms with Crippen molar-refractivity contribution in [3.8, 4) is 0 Å². The lowest BCUT2D eigenvalue weighted by Crippen LogP contribution is -2.67. The maximum absolute atomic E-state index is 14.6. The Balaban J connectivity index is 1.10. The van der Waals surface area contributed by atoms with E-state index < -0.39 is 11.4 Å². The molecule has 7 fully saturated rings. The average molecular weight is 751 g/mol. The monoisotopic (exact) mass is 751 g/mol. The van der Waals surface area contributed by atoms with Crippen LogP contribution in [0.1, 0.15) is 145 Å². The minimum Gasteiger partial charge on any atom is -0.481 e. The summed E-state index contributed by atoms with van der Waals surface area (Å²) in [5, 5.41) is 9.64. The molecule has 8 nitrogen and oxygen atoms in total. The van der Waals surface area contributed by atoms with Gasteiger partial charge in [0.1, 0.15) is 6.10 Å². The molecule has 2 aliphatic heterocycles. The van der Waals surface area contributed by atoms with E-state index in [1.807, 2.05) is 0 Å². The molecular weight excluding hydrogens is 677 g/mol. The van der Waals surface area contributed by atoms with Crippen molar-refractivity contribution in [2.24, 2.45) is 62.1 Å². The number of ether oxygens (including phenoxy) is 2. The van der Waals surface area contributed by atoms with Crippen LogP contribution in [0.15, 0.2) is 12.2 Å². The lowest BCUT2D eigenvalue weighted by atomic mass is 9.32. The van der Waals surface area contributed by atoms with E-state index in [0.717, 1.165) is 84.3 Å². The van der Waals surface area contributed by atoms with Crippen molar-refractivity contribution >= 4 is 17.8 Å². The van der Waals surface area contributed by atoms with E-state index in [9.17, 15) is 19.5 Å². The molecule has 8 heteroatoms. The number of aliphatic carboxylic acids is 1. The van der Waals surface area contributed by atoms with Crippen molar-refractivity contribution < 1.29 is 29.0 Å². The van der Waals surface area contributed by atoms with Gasteiger partial charge in [0.2, 0.25) is 5.91 Å². The molecule has 0 aromatic carbocycles. The molecule has 11 atom stereocenters. The van der Waals surface area contributed by atoms with Crippen LogP contribution in [-0.4, -0.2) is 84.3 Å². The maximum Gasteiger partial charge on any atom is 0.309 e. The number of rotatable bonds is 9. The normalized spacial score (nSPS) is 43.3. The molecule has 7 rings (SSSR count). The predicted molar refractivity (Wildman–Crippen MR) is 211 cm³/mol. The Morgan fingerprint density at radius 3 is 2.26 bits per heavy atom. The van der Waals surface area contributed by atoms with Gasteiger partial charge in [-0.15, -0.1) is 0 Å². The number of carbonyl (C=O) groups excluding carboxylic acids is 2. The highest BCUT2D eigenvalue weighted by Crippen LogP contribution is 2.78. The average Bonchev–Trinajstić information content (AvgIpc) is 3.72. The largest absolute Gasteiger partial charge is 0.481 e. The Hall–Kier alpha value is -1.93. The molecule has 2 heterocycles. The van der Waals surface area contributed by atoms with Crippen molar-refractivity contribution in [1.82, 2.24) is 9.80 Å². The number of likely N-dealkylation sites (tertiary alicyclic amines) is 1. The molecule has 7 aliphatic rings. The number of fused-ring (bicyclic) bond motifs is 7. The number of carboxylic acid groups (broad SMARTS) is 1. The molecular formula is C46H74N2O6.